The summed E-state index contributed by atoms with van der Waals surface area (Å²) >= 11 is 0. The first-order valence-corrected chi connectivity index (χ1v) is 9.99. The van der Waals surface area contributed by atoms with E-state index in [1.54, 1.807) is 43.1 Å². The number of allylic oxidation sites excluding steroid dienone is 1. The summed E-state index contributed by atoms with van der Waals surface area (Å²) < 4.78 is 12.9. The molecule has 1 aromatic heterocycles. The highest BCUT2D eigenvalue weighted by molar-refractivity contribution is 5.92. The van der Waals surface area contributed by atoms with E-state index < -0.39 is 23.0 Å². The molecule has 9 heteroatoms. The fraction of sp³-hybridized carbons (Fsp3) is 0.217. The Bertz CT molecular complexity index is 1170. The number of nitro benzene ring substituents is 1. The van der Waals surface area contributed by atoms with Gasteiger partial charge < -0.3 is 19.4 Å². The number of carbonyl (C=O) groups is 1. The van der Waals surface area contributed by atoms with Crippen LogP contribution in [-0.4, -0.2) is 34.2 Å². The highest BCUT2D eigenvalue weighted by Gasteiger charge is 2.35. The van der Waals surface area contributed by atoms with Gasteiger partial charge in [-0.2, -0.15) is 0 Å². The van der Waals surface area contributed by atoms with E-state index in [1.165, 1.54) is 12.1 Å². The number of anilines is 1. The maximum Gasteiger partial charge on any atom is 0.338 e. The third-order valence-corrected chi connectivity index (χ3v) is 5.28. The van der Waals surface area contributed by atoms with Crippen LogP contribution in [0.25, 0.3) is 0 Å². The first-order valence-electron chi connectivity index (χ1n) is 9.99. The number of non-ortho nitro benzene ring substituents is 1. The number of imidazole rings is 1. The summed E-state index contributed by atoms with van der Waals surface area (Å²) in [6, 6.07) is 14.9. The van der Waals surface area contributed by atoms with Crippen LogP contribution in [0.3, 0.4) is 0 Å². The van der Waals surface area contributed by atoms with Gasteiger partial charge in [-0.05, 0) is 18.1 Å². The molecule has 1 N–H and O–H groups in total. The lowest BCUT2D eigenvalue weighted by Gasteiger charge is -2.30. The predicted molar refractivity (Wildman–Crippen MR) is 117 cm³/mol. The van der Waals surface area contributed by atoms with Crippen molar-refractivity contribution in [3.05, 3.63) is 99.5 Å². The number of carbonyl (C=O) groups excluding carboxylic acids is 1. The third-order valence-electron chi connectivity index (χ3n) is 5.28. The van der Waals surface area contributed by atoms with Gasteiger partial charge in [-0.3, -0.25) is 10.1 Å². The minimum atomic E-state index is -0.639. The molecule has 0 radical (unpaired) electrons. The Balaban J connectivity index is 1.74. The molecule has 0 bridgehead atoms. The van der Waals surface area contributed by atoms with Gasteiger partial charge in [-0.1, -0.05) is 42.5 Å². The molecule has 32 heavy (non-hydrogen) atoms. The lowest BCUT2D eigenvalue weighted by Crippen LogP contribution is -2.30. The molecule has 2 aromatic carbocycles. The smallest absolute Gasteiger partial charge is 0.338 e. The molecule has 9 nitrogen and oxygen atoms in total. The second-order valence-corrected chi connectivity index (χ2v) is 7.34. The molecule has 164 valence electrons. The summed E-state index contributed by atoms with van der Waals surface area (Å²) in [5, 5.41) is 14.5. The van der Waals surface area contributed by atoms with Crippen LogP contribution < -0.4 is 5.32 Å². The number of benzene rings is 2. The van der Waals surface area contributed by atoms with Crippen molar-refractivity contribution in [2.24, 2.45) is 0 Å². The largest absolute Gasteiger partial charge is 0.452 e. The fourth-order valence-corrected chi connectivity index (χ4v) is 3.81. The van der Waals surface area contributed by atoms with Gasteiger partial charge in [0.15, 0.2) is 6.10 Å². The minimum Gasteiger partial charge on any atom is -0.452 e. The summed E-state index contributed by atoms with van der Waals surface area (Å²) in [5.41, 5.74) is 2.23. The predicted octanol–water partition coefficient (Wildman–Crippen LogP) is 4.01. The molecule has 1 aliphatic heterocycles. The zero-order valence-corrected chi connectivity index (χ0v) is 17.6. The maximum atomic E-state index is 13.5. The van der Waals surface area contributed by atoms with Crippen molar-refractivity contribution in [2.45, 2.75) is 19.1 Å². The van der Waals surface area contributed by atoms with Crippen molar-refractivity contribution < 1.29 is 19.2 Å². The molecule has 1 aliphatic rings. The van der Waals surface area contributed by atoms with E-state index in [0.717, 1.165) is 5.56 Å². The van der Waals surface area contributed by atoms with Crippen molar-refractivity contribution in [2.75, 3.05) is 19.0 Å². The number of nitrogens with zero attached hydrogens (tertiary/aromatic N) is 3. The SMILES string of the molecule is COCC(OC(=O)C1=C(C)Nc2nccn2C1c1cccc([N+](=O)[O-])c1)c1ccccc1. The quantitative estimate of drug-likeness (QED) is 0.340. The van der Waals surface area contributed by atoms with Crippen LogP contribution in [-0.2, 0) is 14.3 Å². The van der Waals surface area contributed by atoms with Crippen LogP contribution in [0.2, 0.25) is 0 Å². The van der Waals surface area contributed by atoms with Crippen LogP contribution >= 0.6 is 0 Å². The highest BCUT2D eigenvalue weighted by atomic mass is 16.6. The summed E-state index contributed by atoms with van der Waals surface area (Å²) in [7, 11) is 1.54. The summed E-state index contributed by atoms with van der Waals surface area (Å²) in [5.74, 6) is -0.0104. The lowest BCUT2D eigenvalue weighted by molar-refractivity contribution is -0.384. The van der Waals surface area contributed by atoms with Gasteiger partial charge in [0.25, 0.3) is 5.69 Å². The molecule has 0 aliphatic carbocycles. The number of methoxy groups -OCH3 is 1. The fourth-order valence-electron chi connectivity index (χ4n) is 3.81. The van der Waals surface area contributed by atoms with E-state index in [4.69, 9.17) is 9.47 Å². The summed E-state index contributed by atoms with van der Waals surface area (Å²) in [4.78, 5) is 28.6. The molecule has 4 rings (SSSR count). The van der Waals surface area contributed by atoms with Gasteiger partial charge >= 0.3 is 5.97 Å². The first kappa shape index (κ1) is 21.3. The van der Waals surface area contributed by atoms with Gasteiger partial charge in [0.05, 0.1) is 23.1 Å². The molecule has 0 fully saturated rings. The Morgan fingerprint density at radius 2 is 2.03 bits per heavy atom. The number of nitrogens with one attached hydrogen (secondary N) is 1. The topological polar surface area (TPSA) is 109 Å². The van der Waals surface area contributed by atoms with Crippen LogP contribution in [0.1, 0.15) is 30.2 Å². The number of esters is 1. The molecular weight excluding hydrogens is 412 g/mol. The monoisotopic (exact) mass is 434 g/mol. The van der Waals surface area contributed by atoms with Gasteiger partial charge in [0, 0.05) is 37.3 Å². The van der Waals surface area contributed by atoms with Crippen LogP contribution in [0, 0.1) is 10.1 Å². The number of rotatable bonds is 7. The van der Waals surface area contributed by atoms with Crippen molar-refractivity contribution >= 4 is 17.6 Å². The summed E-state index contributed by atoms with van der Waals surface area (Å²) in [6.45, 7) is 1.94. The molecule has 3 aromatic rings. The number of ether oxygens (including phenoxy) is 2. The van der Waals surface area contributed by atoms with Gasteiger partial charge in [0.1, 0.15) is 0 Å². The number of fused-ring (bicyclic) bond motifs is 1. The number of nitro groups is 1. The Labute approximate surface area is 184 Å². The number of aromatic nitrogens is 2. The second kappa shape index (κ2) is 9.03. The maximum absolute atomic E-state index is 13.5. The van der Waals surface area contributed by atoms with E-state index in [2.05, 4.69) is 10.3 Å². The van der Waals surface area contributed by atoms with E-state index >= 15 is 0 Å². The highest BCUT2D eigenvalue weighted by Crippen LogP contribution is 2.38. The Morgan fingerprint density at radius 3 is 2.75 bits per heavy atom. The van der Waals surface area contributed by atoms with Crippen LogP contribution in [0.4, 0.5) is 11.6 Å². The number of hydrogen-bond donors (Lipinski definition) is 1. The van der Waals surface area contributed by atoms with Gasteiger partial charge in [0.2, 0.25) is 5.95 Å². The molecule has 0 spiro atoms. The van der Waals surface area contributed by atoms with Crippen molar-refractivity contribution in [1.82, 2.24) is 9.55 Å². The van der Waals surface area contributed by atoms with Crippen molar-refractivity contribution in [3.63, 3.8) is 0 Å². The van der Waals surface area contributed by atoms with E-state index in [1.807, 2.05) is 30.3 Å². The first-order chi connectivity index (χ1) is 15.5. The molecule has 2 atom stereocenters. The van der Waals surface area contributed by atoms with E-state index in [9.17, 15) is 14.9 Å². The second-order valence-electron chi connectivity index (χ2n) is 7.34. The Kier molecular flexibility index (Phi) is 6.00. The van der Waals surface area contributed by atoms with Gasteiger partial charge in [-0.25, -0.2) is 9.78 Å². The average Bonchev–Trinajstić information content (AvgIpc) is 3.26. The Hall–Kier alpha value is -3.98. The van der Waals surface area contributed by atoms with Gasteiger partial charge in [-0.15, -0.1) is 0 Å². The molecule has 0 saturated carbocycles. The zero-order chi connectivity index (χ0) is 22.7. The normalized spacial score (nSPS) is 16.1. The third kappa shape index (κ3) is 4.10. The number of hydrogen-bond acceptors (Lipinski definition) is 7. The van der Waals surface area contributed by atoms with E-state index in [0.29, 0.717) is 22.8 Å². The van der Waals surface area contributed by atoms with E-state index in [-0.39, 0.29) is 12.3 Å². The Morgan fingerprint density at radius 1 is 1.25 bits per heavy atom. The molecule has 2 unspecified atom stereocenters. The minimum absolute atomic E-state index is 0.0605. The standard InChI is InChI=1S/C23H22N4O5/c1-15-20(22(28)32-19(14-31-2)16-7-4-3-5-8-16)21(26-12-11-24-23(26)25-15)17-9-6-10-18(13-17)27(29)30/h3-13,19,21H,14H2,1-2H3,(H,24,25). The molecular formula is C23H22N4O5. The molecule has 2 heterocycles. The molecule has 0 amide bonds. The van der Waals surface area contributed by atoms with Crippen molar-refractivity contribution in [1.29, 1.82) is 0 Å². The molecule has 0 saturated heterocycles. The van der Waals surface area contributed by atoms with Crippen LogP contribution in [0.5, 0.6) is 0 Å². The summed E-state index contributed by atoms with van der Waals surface area (Å²) in [6.07, 6.45) is 2.71. The average molecular weight is 434 g/mol. The van der Waals surface area contributed by atoms with Crippen LogP contribution in [0.15, 0.2) is 78.3 Å². The van der Waals surface area contributed by atoms with Crippen molar-refractivity contribution in [3.8, 4) is 0 Å². The zero-order valence-electron chi connectivity index (χ0n) is 17.6. The lowest BCUT2D eigenvalue weighted by atomic mass is 9.95.